The molecule has 1 aliphatic heterocycles. The van der Waals surface area contributed by atoms with Crippen molar-refractivity contribution < 1.29 is 17.9 Å². The summed E-state index contributed by atoms with van der Waals surface area (Å²) in [5.41, 5.74) is 0.766. The number of nitrogens with zero attached hydrogens (tertiary/aromatic N) is 4. The Labute approximate surface area is 166 Å². The first-order chi connectivity index (χ1) is 13.5. The molecular formula is C17H19N5O4S2. The van der Waals surface area contributed by atoms with Gasteiger partial charge >= 0.3 is 0 Å². The highest BCUT2D eigenvalue weighted by atomic mass is 32.2. The molecule has 0 aliphatic carbocycles. The van der Waals surface area contributed by atoms with E-state index in [1.165, 1.54) is 32.7 Å². The number of carbonyl (C=O) groups is 1. The first-order valence-corrected chi connectivity index (χ1v) is 11.0. The third-order valence-electron chi connectivity index (χ3n) is 4.45. The summed E-state index contributed by atoms with van der Waals surface area (Å²) in [6, 6.07) is 5.49. The van der Waals surface area contributed by atoms with E-state index in [0.717, 1.165) is 28.8 Å². The highest BCUT2D eigenvalue weighted by Crippen LogP contribution is 2.29. The number of rotatable bonds is 6. The number of aromatic nitrogens is 3. The van der Waals surface area contributed by atoms with Crippen LogP contribution in [0.15, 0.2) is 35.7 Å². The van der Waals surface area contributed by atoms with Crippen LogP contribution < -0.4 is 10.1 Å². The van der Waals surface area contributed by atoms with Crippen molar-refractivity contribution in [2.45, 2.75) is 24.4 Å². The summed E-state index contributed by atoms with van der Waals surface area (Å²) in [5.74, 6) is 0.410. The van der Waals surface area contributed by atoms with E-state index in [4.69, 9.17) is 4.74 Å². The summed E-state index contributed by atoms with van der Waals surface area (Å²) in [5, 5.41) is 3.18. The number of amides is 1. The zero-order chi connectivity index (χ0) is 19.7. The molecule has 2 aromatic heterocycles. The third-order valence-corrected chi connectivity index (χ3v) is 7.16. The van der Waals surface area contributed by atoms with Gasteiger partial charge in [0.25, 0.3) is 10.0 Å². The molecule has 0 spiro atoms. The fourth-order valence-corrected chi connectivity index (χ4v) is 5.39. The second-order valence-corrected chi connectivity index (χ2v) is 9.31. The minimum atomic E-state index is -3.59. The molecule has 1 fully saturated rings. The van der Waals surface area contributed by atoms with Gasteiger partial charge in [0, 0.05) is 19.3 Å². The van der Waals surface area contributed by atoms with Gasteiger partial charge in [-0.1, -0.05) is 11.3 Å². The molecule has 3 heterocycles. The van der Waals surface area contributed by atoms with E-state index in [1.807, 2.05) is 18.2 Å². The molecule has 28 heavy (non-hydrogen) atoms. The Morgan fingerprint density at radius 3 is 2.86 bits per heavy atom. The van der Waals surface area contributed by atoms with Crippen LogP contribution in [-0.2, 0) is 21.4 Å². The maximum Gasteiger partial charge on any atom is 0.262 e. The number of imidazole rings is 1. The lowest BCUT2D eigenvalue weighted by molar-refractivity contribution is -0.116. The van der Waals surface area contributed by atoms with Crippen molar-refractivity contribution in [3.05, 3.63) is 30.7 Å². The second kappa shape index (κ2) is 7.49. The zero-order valence-electron chi connectivity index (χ0n) is 15.2. The van der Waals surface area contributed by atoms with Crippen molar-refractivity contribution in [2.75, 3.05) is 25.5 Å². The molecule has 4 rings (SSSR count). The molecule has 0 unspecified atom stereocenters. The summed E-state index contributed by atoms with van der Waals surface area (Å²) in [7, 11) is -2.00. The van der Waals surface area contributed by atoms with Crippen LogP contribution in [0.25, 0.3) is 10.2 Å². The highest BCUT2D eigenvalue weighted by molar-refractivity contribution is 7.89. The number of methoxy groups -OCH3 is 1. The average molecular weight is 422 g/mol. The van der Waals surface area contributed by atoms with Gasteiger partial charge in [-0.05, 0) is 31.0 Å². The Bertz CT molecular complexity index is 1120. The smallest absolute Gasteiger partial charge is 0.262 e. The monoisotopic (exact) mass is 421 g/mol. The molecule has 0 saturated carbocycles. The zero-order valence-corrected chi connectivity index (χ0v) is 16.8. The first kappa shape index (κ1) is 18.8. The summed E-state index contributed by atoms with van der Waals surface area (Å²) in [6.07, 6.45) is 4.45. The molecule has 1 amide bonds. The lowest BCUT2D eigenvalue weighted by Crippen LogP contribution is -2.28. The largest absolute Gasteiger partial charge is 0.497 e. The second-order valence-electron chi connectivity index (χ2n) is 6.40. The number of sulfonamides is 1. The fraction of sp³-hybridized carbons (Fsp3) is 0.353. The molecule has 148 valence electrons. The summed E-state index contributed by atoms with van der Waals surface area (Å²) in [4.78, 5) is 20.7. The van der Waals surface area contributed by atoms with Gasteiger partial charge in [0.05, 0.1) is 23.7 Å². The van der Waals surface area contributed by atoms with Crippen molar-refractivity contribution in [3.63, 3.8) is 0 Å². The predicted molar refractivity (Wildman–Crippen MR) is 105 cm³/mol. The van der Waals surface area contributed by atoms with Gasteiger partial charge in [-0.3, -0.25) is 4.79 Å². The van der Waals surface area contributed by atoms with Crippen LogP contribution in [0.4, 0.5) is 5.13 Å². The number of ether oxygens (including phenoxy) is 1. The number of anilines is 1. The Morgan fingerprint density at radius 2 is 2.11 bits per heavy atom. The average Bonchev–Trinajstić information content (AvgIpc) is 3.41. The number of thiazole rings is 1. The highest BCUT2D eigenvalue weighted by Gasteiger charge is 2.29. The van der Waals surface area contributed by atoms with Crippen LogP contribution in [0.2, 0.25) is 0 Å². The van der Waals surface area contributed by atoms with Crippen LogP contribution in [0.3, 0.4) is 0 Å². The molecule has 0 radical (unpaired) electrons. The van der Waals surface area contributed by atoms with Gasteiger partial charge in [-0.15, -0.1) is 0 Å². The van der Waals surface area contributed by atoms with E-state index >= 15 is 0 Å². The maximum absolute atomic E-state index is 12.5. The van der Waals surface area contributed by atoms with E-state index in [1.54, 1.807) is 7.11 Å². The molecule has 1 N–H and O–H groups in total. The summed E-state index contributed by atoms with van der Waals surface area (Å²) < 4.78 is 34.0. The first-order valence-electron chi connectivity index (χ1n) is 8.72. The number of hydrogen-bond donors (Lipinski definition) is 1. The Hall–Kier alpha value is -2.50. The van der Waals surface area contributed by atoms with Crippen LogP contribution in [0.5, 0.6) is 5.75 Å². The van der Waals surface area contributed by atoms with Gasteiger partial charge in [0.1, 0.15) is 12.3 Å². The molecule has 0 atom stereocenters. The van der Waals surface area contributed by atoms with Gasteiger partial charge in [-0.2, -0.15) is 4.31 Å². The van der Waals surface area contributed by atoms with Crippen LogP contribution in [-0.4, -0.2) is 53.4 Å². The van der Waals surface area contributed by atoms with Gasteiger partial charge < -0.3 is 14.6 Å². The lowest BCUT2D eigenvalue weighted by Gasteiger charge is -2.12. The molecule has 1 saturated heterocycles. The number of fused-ring (bicyclic) bond motifs is 1. The molecule has 11 heteroatoms. The van der Waals surface area contributed by atoms with Crippen LogP contribution in [0.1, 0.15) is 12.8 Å². The summed E-state index contributed by atoms with van der Waals surface area (Å²) >= 11 is 1.34. The van der Waals surface area contributed by atoms with E-state index in [2.05, 4.69) is 15.3 Å². The van der Waals surface area contributed by atoms with Gasteiger partial charge in [0.15, 0.2) is 10.2 Å². The van der Waals surface area contributed by atoms with Crippen molar-refractivity contribution in [3.8, 4) is 5.75 Å². The molecule has 9 nitrogen and oxygen atoms in total. The number of carbonyl (C=O) groups excluding carboxylic acids is 1. The predicted octanol–water partition coefficient (Wildman–Crippen LogP) is 1.92. The summed E-state index contributed by atoms with van der Waals surface area (Å²) in [6.45, 7) is 0.970. The molecular weight excluding hydrogens is 402 g/mol. The van der Waals surface area contributed by atoms with E-state index < -0.39 is 10.0 Å². The molecule has 1 aliphatic rings. The quantitative estimate of drug-likeness (QED) is 0.652. The maximum atomic E-state index is 12.5. The van der Waals surface area contributed by atoms with E-state index in [9.17, 15) is 13.2 Å². The SMILES string of the molecule is COc1ccc2nc(NC(=O)Cn3cnc(S(=O)(=O)N4CCCC4)c3)sc2c1. The Balaban J connectivity index is 1.43. The number of hydrogen-bond acceptors (Lipinski definition) is 7. The van der Waals surface area contributed by atoms with Crippen LogP contribution >= 0.6 is 11.3 Å². The van der Waals surface area contributed by atoms with E-state index in [-0.39, 0.29) is 17.5 Å². The Kier molecular flexibility index (Phi) is 5.04. The third kappa shape index (κ3) is 3.73. The van der Waals surface area contributed by atoms with Crippen molar-refractivity contribution >= 4 is 42.6 Å². The van der Waals surface area contributed by atoms with Crippen molar-refractivity contribution in [1.29, 1.82) is 0 Å². The normalized spacial score (nSPS) is 15.2. The minimum Gasteiger partial charge on any atom is -0.497 e. The number of nitrogens with one attached hydrogen (secondary N) is 1. The molecule has 0 bridgehead atoms. The van der Waals surface area contributed by atoms with E-state index in [0.29, 0.717) is 18.2 Å². The molecule has 3 aromatic rings. The van der Waals surface area contributed by atoms with Gasteiger partial charge in [-0.25, -0.2) is 18.4 Å². The molecule has 1 aromatic carbocycles. The standard InChI is InChI=1S/C17H19N5O4S2/c1-26-12-4-5-13-14(8-12)27-17(19-13)20-15(23)9-21-10-16(18-11-21)28(24,25)22-6-2-3-7-22/h4-5,8,10-11H,2-3,6-7,9H2,1H3,(H,19,20,23). The van der Waals surface area contributed by atoms with Crippen molar-refractivity contribution in [1.82, 2.24) is 18.8 Å². The minimum absolute atomic E-state index is 0.0331. The van der Waals surface area contributed by atoms with Gasteiger partial charge in [0.2, 0.25) is 5.91 Å². The topological polar surface area (TPSA) is 106 Å². The Morgan fingerprint density at radius 1 is 1.32 bits per heavy atom. The lowest BCUT2D eigenvalue weighted by atomic mass is 10.3. The fourth-order valence-electron chi connectivity index (χ4n) is 3.03. The van der Waals surface area contributed by atoms with Crippen LogP contribution in [0, 0.1) is 0 Å². The number of benzene rings is 1. The van der Waals surface area contributed by atoms with Crippen molar-refractivity contribution in [2.24, 2.45) is 0 Å².